The first-order chi connectivity index (χ1) is 8.52. The number of hydrogen-bond donors (Lipinski definition) is 1. The van der Waals surface area contributed by atoms with Gasteiger partial charge in [0.05, 0.1) is 16.9 Å². The molecule has 2 nitrogen and oxygen atoms in total. The lowest BCUT2D eigenvalue weighted by atomic mass is 10.00. The Morgan fingerprint density at radius 2 is 2.00 bits per heavy atom. The third-order valence-corrected chi connectivity index (χ3v) is 6.41. The first-order valence-corrected chi connectivity index (χ1v) is 8.73. The Morgan fingerprint density at radius 1 is 1.39 bits per heavy atom. The molecule has 18 heavy (non-hydrogen) atoms. The lowest BCUT2D eigenvalue weighted by molar-refractivity contribution is 0.175. The van der Waals surface area contributed by atoms with Gasteiger partial charge in [0.1, 0.15) is 6.10 Å². The van der Waals surface area contributed by atoms with Crippen LogP contribution in [0.15, 0.2) is 11.8 Å². The monoisotopic (exact) mass is 290 g/mol. The van der Waals surface area contributed by atoms with Gasteiger partial charge in [-0.25, -0.2) is 0 Å². The van der Waals surface area contributed by atoms with Crippen LogP contribution in [-0.4, -0.2) is 33.4 Å². The number of hydrogen-bond acceptors (Lipinski definition) is 4. The maximum absolute atomic E-state index is 10.7. The molecular weight excluding hydrogens is 264 g/mol. The number of aliphatic hydroxyl groups excluding tert-OH is 1. The van der Waals surface area contributed by atoms with Crippen LogP contribution in [0.2, 0.25) is 0 Å². The number of aliphatic hydroxyl groups is 1. The van der Waals surface area contributed by atoms with E-state index < -0.39 is 6.10 Å². The minimum absolute atomic E-state index is 0.0793. The van der Waals surface area contributed by atoms with E-state index in [0.29, 0.717) is 12.5 Å². The molecule has 0 radical (unpaired) electrons. The summed E-state index contributed by atoms with van der Waals surface area (Å²) in [6, 6.07) is 0. The summed E-state index contributed by atoms with van der Waals surface area (Å²) < 4.78 is 5.24. The molecule has 1 aliphatic rings. The molecule has 0 aliphatic carbocycles. The van der Waals surface area contributed by atoms with E-state index in [2.05, 4.69) is 13.8 Å². The number of ether oxygens (including phenoxy) is 1. The molecule has 0 aromatic rings. The van der Waals surface area contributed by atoms with Gasteiger partial charge in [-0.3, -0.25) is 0 Å². The summed E-state index contributed by atoms with van der Waals surface area (Å²) in [6.45, 7) is 9.04. The van der Waals surface area contributed by atoms with Crippen molar-refractivity contribution in [3.05, 3.63) is 11.8 Å². The third kappa shape index (κ3) is 4.39. The van der Waals surface area contributed by atoms with Crippen molar-refractivity contribution in [1.82, 2.24) is 0 Å². The maximum Gasteiger partial charge on any atom is 0.102 e. The summed E-state index contributed by atoms with van der Waals surface area (Å²) in [4.78, 5) is 0. The summed E-state index contributed by atoms with van der Waals surface area (Å²) >= 11 is 3.85. The van der Waals surface area contributed by atoms with E-state index in [0.717, 1.165) is 23.5 Å². The SMILES string of the molecule is CCO/C=C(\C)C(O)C1(CC(C)C)SCCCS1. The average Bonchev–Trinajstić information content (AvgIpc) is 2.35. The summed E-state index contributed by atoms with van der Waals surface area (Å²) in [5.74, 6) is 2.90. The highest BCUT2D eigenvalue weighted by Crippen LogP contribution is 2.50. The molecule has 0 aromatic carbocycles. The minimum atomic E-state index is -0.415. The van der Waals surface area contributed by atoms with Crippen molar-refractivity contribution in [3.8, 4) is 0 Å². The zero-order valence-corrected chi connectivity index (χ0v) is 13.6. The van der Waals surface area contributed by atoms with Gasteiger partial charge in [-0.05, 0) is 49.7 Å². The lowest BCUT2D eigenvalue weighted by Crippen LogP contribution is -2.40. The molecule has 1 aliphatic heterocycles. The fraction of sp³-hybridized carbons (Fsp3) is 0.857. The second-order valence-electron chi connectivity index (χ2n) is 5.18. The molecule has 0 aromatic heterocycles. The largest absolute Gasteiger partial charge is 0.501 e. The Morgan fingerprint density at radius 3 is 2.50 bits per heavy atom. The highest BCUT2D eigenvalue weighted by Gasteiger charge is 2.42. The van der Waals surface area contributed by atoms with Gasteiger partial charge in [-0.2, -0.15) is 0 Å². The highest BCUT2D eigenvalue weighted by atomic mass is 32.2. The summed E-state index contributed by atoms with van der Waals surface area (Å²) in [5.41, 5.74) is 0.944. The van der Waals surface area contributed by atoms with Crippen molar-refractivity contribution < 1.29 is 9.84 Å². The first kappa shape index (κ1) is 16.3. The predicted octanol–water partition coefficient (Wildman–Crippen LogP) is 3.90. The van der Waals surface area contributed by atoms with Crippen LogP contribution in [0.25, 0.3) is 0 Å². The van der Waals surface area contributed by atoms with Gasteiger partial charge in [-0.1, -0.05) is 13.8 Å². The van der Waals surface area contributed by atoms with Crippen LogP contribution in [0.4, 0.5) is 0 Å². The second kappa shape index (κ2) is 7.71. The Bertz CT molecular complexity index is 271. The Labute approximate surface area is 120 Å². The van der Waals surface area contributed by atoms with Crippen LogP contribution in [0.3, 0.4) is 0 Å². The molecule has 1 rings (SSSR count). The lowest BCUT2D eigenvalue weighted by Gasteiger charge is -2.41. The molecule has 1 heterocycles. The van der Waals surface area contributed by atoms with Crippen molar-refractivity contribution in [1.29, 1.82) is 0 Å². The first-order valence-electron chi connectivity index (χ1n) is 6.76. The van der Waals surface area contributed by atoms with Gasteiger partial charge >= 0.3 is 0 Å². The van der Waals surface area contributed by atoms with Crippen molar-refractivity contribution in [2.75, 3.05) is 18.1 Å². The van der Waals surface area contributed by atoms with E-state index in [1.165, 1.54) is 6.42 Å². The molecule has 0 spiro atoms. The van der Waals surface area contributed by atoms with Gasteiger partial charge in [0.15, 0.2) is 0 Å². The van der Waals surface area contributed by atoms with Crippen molar-refractivity contribution in [2.24, 2.45) is 5.92 Å². The zero-order chi connectivity index (χ0) is 13.6. The molecule has 1 fully saturated rings. The van der Waals surface area contributed by atoms with E-state index in [1.807, 2.05) is 37.4 Å². The molecule has 1 saturated heterocycles. The molecule has 106 valence electrons. The van der Waals surface area contributed by atoms with Crippen molar-refractivity contribution in [3.63, 3.8) is 0 Å². The normalized spacial score (nSPS) is 22.0. The molecular formula is C14H26O2S2. The highest BCUT2D eigenvalue weighted by molar-refractivity contribution is 8.18. The minimum Gasteiger partial charge on any atom is -0.501 e. The summed E-state index contributed by atoms with van der Waals surface area (Å²) in [7, 11) is 0. The molecule has 0 saturated carbocycles. The van der Waals surface area contributed by atoms with E-state index >= 15 is 0 Å². The summed E-state index contributed by atoms with van der Waals surface area (Å²) in [5, 5.41) is 10.7. The fourth-order valence-electron chi connectivity index (χ4n) is 2.17. The Kier molecular flexibility index (Phi) is 6.96. The molecule has 1 N–H and O–H groups in total. The topological polar surface area (TPSA) is 29.5 Å². The van der Waals surface area contributed by atoms with Crippen molar-refractivity contribution >= 4 is 23.5 Å². The molecule has 1 unspecified atom stereocenters. The maximum atomic E-state index is 10.7. The van der Waals surface area contributed by atoms with Crippen LogP contribution in [0.1, 0.15) is 40.5 Å². The molecule has 4 heteroatoms. The second-order valence-corrected chi connectivity index (χ2v) is 8.29. The van der Waals surface area contributed by atoms with Gasteiger partial charge in [0.2, 0.25) is 0 Å². The van der Waals surface area contributed by atoms with E-state index in [-0.39, 0.29) is 4.08 Å². The predicted molar refractivity (Wildman–Crippen MR) is 83.1 cm³/mol. The number of rotatable bonds is 6. The van der Waals surface area contributed by atoms with Gasteiger partial charge in [0.25, 0.3) is 0 Å². The van der Waals surface area contributed by atoms with E-state index in [1.54, 1.807) is 6.26 Å². The van der Waals surface area contributed by atoms with Gasteiger partial charge in [-0.15, -0.1) is 23.5 Å². The van der Waals surface area contributed by atoms with Crippen molar-refractivity contribution in [2.45, 2.75) is 50.7 Å². The smallest absolute Gasteiger partial charge is 0.102 e. The molecule has 0 bridgehead atoms. The Hall–Kier alpha value is 0.200. The average molecular weight is 290 g/mol. The quantitative estimate of drug-likeness (QED) is 0.751. The van der Waals surface area contributed by atoms with Crippen LogP contribution >= 0.6 is 23.5 Å². The van der Waals surface area contributed by atoms with Crippen LogP contribution < -0.4 is 0 Å². The van der Waals surface area contributed by atoms with Crippen LogP contribution in [0, 0.1) is 5.92 Å². The van der Waals surface area contributed by atoms with Gasteiger partial charge in [0, 0.05) is 0 Å². The van der Waals surface area contributed by atoms with Gasteiger partial charge < -0.3 is 9.84 Å². The standard InChI is InChI=1S/C14H26O2S2/c1-5-16-10-12(4)13(15)14(9-11(2)3)17-7-6-8-18-14/h10-11,13,15H,5-9H2,1-4H3/b12-10+. The fourth-order valence-corrected chi connectivity index (χ4v) is 6.05. The van der Waals surface area contributed by atoms with Crippen LogP contribution in [-0.2, 0) is 4.74 Å². The van der Waals surface area contributed by atoms with E-state index in [4.69, 9.17) is 4.74 Å². The zero-order valence-electron chi connectivity index (χ0n) is 11.9. The number of thioether (sulfide) groups is 2. The Balaban J connectivity index is 2.81. The molecule has 1 atom stereocenters. The van der Waals surface area contributed by atoms with E-state index in [9.17, 15) is 5.11 Å². The summed E-state index contributed by atoms with van der Waals surface area (Å²) in [6.07, 6.45) is 3.60. The molecule has 0 amide bonds. The third-order valence-electron chi connectivity index (χ3n) is 2.96. The van der Waals surface area contributed by atoms with Crippen LogP contribution in [0.5, 0.6) is 0 Å².